The summed E-state index contributed by atoms with van der Waals surface area (Å²) in [6.45, 7) is 0. The highest BCUT2D eigenvalue weighted by Crippen LogP contribution is 2.14. The van der Waals surface area contributed by atoms with Crippen LogP contribution in [0.3, 0.4) is 0 Å². The lowest BCUT2D eigenvalue weighted by molar-refractivity contribution is 0.669. The highest BCUT2D eigenvalue weighted by Gasteiger charge is 1.90. The van der Waals surface area contributed by atoms with Crippen molar-refractivity contribution in [2.75, 3.05) is 5.75 Å². The van der Waals surface area contributed by atoms with Gasteiger partial charge >= 0.3 is 0 Å². The Bertz CT molecular complexity index is 115. The molecule has 0 atom stereocenters. The standard InChI is InChI=1S/C5H5FS/c6-5-2-1-3-7-4-5/h1-2,4H,3H2. The van der Waals surface area contributed by atoms with Crippen molar-refractivity contribution in [3.05, 3.63) is 23.4 Å². The van der Waals surface area contributed by atoms with E-state index in [1.165, 1.54) is 23.2 Å². The second-order valence-electron chi connectivity index (χ2n) is 1.24. The Kier molecular flexibility index (Phi) is 1.52. The van der Waals surface area contributed by atoms with Gasteiger partial charge in [0.05, 0.1) is 0 Å². The number of hydrogen-bond donors (Lipinski definition) is 0. The SMILES string of the molecule is FC1=CSCC=C1. The Morgan fingerprint density at radius 2 is 2.57 bits per heavy atom. The van der Waals surface area contributed by atoms with Crippen LogP contribution >= 0.6 is 11.8 Å². The summed E-state index contributed by atoms with van der Waals surface area (Å²) in [5.74, 6) is 0.782. The summed E-state index contributed by atoms with van der Waals surface area (Å²) >= 11 is 1.48. The molecule has 0 N–H and O–H groups in total. The third kappa shape index (κ3) is 1.35. The molecule has 2 heteroatoms. The monoisotopic (exact) mass is 116 g/mol. The maximum absolute atomic E-state index is 11.9. The van der Waals surface area contributed by atoms with Gasteiger partial charge in [0, 0.05) is 11.2 Å². The summed E-state index contributed by atoms with van der Waals surface area (Å²) in [6, 6.07) is 0. The molecular weight excluding hydrogens is 111 g/mol. The molecule has 0 fully saturated rings. The molecule has 0 radical (unpaired) electrons. The zero-order valence-corrected chi connectivity index (χ0v) is 4.54. The highest BCUT2D eigenvalue weighted by molar-refractivity contribution is 8.02. The predicted molar refractivity (Wildman–Crippen MR) is 30.8 cm³/mol. The molecule has 0 spiro atoms. The zero-order chi connectivity index (χ0) is 5.11. The molecule has 0 saturated carbocycles. The van der Waals surface area contributed by atoms with Crippen molar-refractivity contribution in [1.29, 1.82) is 0 Å². The van der Waals surface area contributed by atoms with Crippen molar-refractivity contribution in [2.45, 2.75) is 0 Å². The van der Waals surface area contributed by atoms with E-state index in [9.17, 15) is 4.39 Å². The molecule has 1 aliphatic heterocycles. The summed E-state index contributed by atoms with van der Waals surface area (Å²) in [7, 11) is 0. The molecule has 0 aromatic carbocycles. The molecule has 7 heavy (non-hydrogen) atoms. The average molecular weight is 116 g/mol. The minimum Gasteiger partial charge on any atom is -0.206 e. The van der Waals surface area contributed by atoms with Crippen molar-refractivity contribution < 1.29 is 4.39 Å². The molecule has 1 aliphatic rings. The van der Waals surface area contributed by atoms with Crippen LogP contribution < -0.4 is 0 Å². The first-order valence-electron chi connectivity index (χ1n) is 2.03. The Morgan fingerprint density at radius 1 is 1.71 bits per heavy atom. The zero-order valence-electron chi connectivity index (χ0n) is 3.73. The highest BCUT2D eigenvalue weighted by atomic mass is 32.2. The minimum absolute atomic E-state index is 0.128. The molecule has 0 unspecified atom stereocenters. The molecule has 38 valence electrons. The van der Waals surface area contributed by atoms with Gasteiger partial charge in [-0.1, -0.05) is 6.08 Å². The molecule has 1 rings (SSSR count). The van der Waals surface area contributed by atoms with Gasteiger partial charge in [-0.2, -0.15) is 0 Å². The van der Waals surface area contributed by atoms with Crippen molar-refractivity contribution in [3.8, 4) is 0 Å². The van der Waals surface area contributed by atoms with Crippen LogP contribution in [0.2, 0.25) is 0 Å². The van der Waals surface area contributed by atoms with E-state index in [1.807, 2.05) is 0 Å². The summed E-state index contributed by atoms with van der Waals surface area (Å²) in [4.78, 5) is 0. The molecule has 1 heterocycles. The van der Waals surface area contributed by atoms with Crippen LogP contribution in [-0.4, -0.2) is 5.75 Å². The first-order chi connectivity index (χ1) is 3.39. The van der Waals surface area contributed by atoms with E-state index in [1.54, 1.807) is 6.08 Å². The van der Waals surface area contributed by atoms with Gasteiger partial charge in [0.2, 0.25) is 0 Å². The van der Waals surface area contributed by atoms with Gasteiger partial charge in [-0.3, -0.25) is 0 Å². The first-order valence-corrected chi connectivity index (χ1v) is 3.08. The van der Waals surface area contributed by atoms with Gasteiger partial charge in [-0.25, -0.2) is 4.39 Å². The molecule has 0 bridgehead atoms. The van der Waals surface area contributed by atoms with Crippen LogP contribution in [0.25, 0.3) is 0 Å². The average Bonchev–Trinajstić information content (AvgIpc) is 1.69. The molecule has 0 aliphatic carbocycles. The van der Waals surface area contributed by atoms with E-state index in [0.29, 0.717) is 0 Å². The fourth-order valence-electron chi connectivity index (χ4n) is 0.383. The summed E-state index contributed by atoms with van der Waals surface area (Å²) in [6.07, 6.45) is 3.29. The second kappa shape index (κ2) is 2.17. The molecular formula is C5H5FS. The van der Waals surface area contributed by atoms with E-state index < -0.39 is 0 Å². The van der Waals surface area contributed by atoms with E-state index in [2.05, 4.69) is 0 Å². The van der Waals surface area contributed by atoms with Crippen molar-refractivity contribution >= 4 is 11.8 Å². The molecule has 0 amide bonds. The number of hydrogen-bond acceptors (Lipinski definition) is 1. The Morgan fingerprint density at radius 3 is 2.86 bits per heavy atom. The lowest BCUT2D eigenvalue weighted by Gasteiger charge is -1.93. The summed E-state index contributed by atoms with van der Waals surface area (Å²) in [5, 5.41) is 1.51. The maximum atomic E-state index is 11.9. The van der Waals surface area contributed by atoms with Crippen LogP contribution in [0.1, 0.15) is 0 Å². The fourth-order valence-corrected chi connectivity index (χ4v) is 0.925. The van der Waals surface area contributed by atoms with Crippen molar-refractivity contribution in [2.24, 2.45) is 0 Å². The third-order valence-electron chi connectivity index (χ3n) is 0.665. The van der Waals surface area contributed by atoms with Gasteiger partial charge < -0.3 is 0 Å². The summed E-state index contributed by atoms with van der Waals surface area (Å²) in [5.41, 5.74) is 0. The van der Waals surface area contributed by atoms with Crippen LogP contribution in [-0.2, 0) is 0 Å². The number of rotatable bonds is 0. The molecule has 0 aromatic rings. The molecule has 0 nitrogen and oxygen atoms in total. The van der Waals surface area contributed by atoms with Gasteiger partial charge in [0.1, 0.15) is 5.83 Å². The van der Waals surface area contributed by atoms with E-state index in [4.69, 9.17) is 0 Å². The van der Waals surface area contributed by atoms with Gasteiger partial charge in [0.15, 0.2) is 0 Å². The quantitative estimate of drug-likeness (QED) is 0.467. The van der Waals surface area contributed by atoms with Crippen molar-refractivity contribution in [3.63, 3.8) is 0 Å². The normalized spacial score (nSPS) is 19.3. The first kappa shape index (κ1) is 4.91. The smallest absolute Gasteiger partial charge is 0.129 e. The molecule has 0 saturated heterocycles. The minimum atomic E-state index is -0.128. The number of allylic oxidation sites excluding steroid dienone is 2. The van der Waals surface area contributed by atoms with Gasteiger partial charge in [-0.15, -0.1) is 11.8 Å². The van der Waals surface area contributed by atoms with E-state index in [-0.39, 0.29) is 5.83 Å². The van der Waals surface area contributed by atoms with Crippen LogP contribution in [0.15, 0.2) is 23.4 Å². The van der Waals surface area contributed by atoms with E-state index >= 15 is 0 Å². The van der Waals surface area contributed by atoms with Crippen LogP contribution in [0, 0.1) is 0 Å². The Balaban J connectivity index is 2.58. The maximum Gasteiger partial charge on any atom is 0.129 e. The molecule has 0 aromatic heterocycles. The van der Waals surface area contributed by atoms with Gasteiger partial charge in [-0.05, 0) is 6.08 Å². The Labute approximate surface area is 46.1 Å². The predicted octanol–water partition coefficient (Wildman–Crippen LogP) is 2.10. The van der Waals surface area contributed by atoms with Crippen LogP contribution in [0.4, 0.5) is 4.39 Å². The lowest BCUT2D eigenvalue weighted by atomic mass is 10.5. The number of thioether (sulfide) groups is 1. The fraction of sp³-hybridized carbons (Fsp3) is 0.200. The topological polar surface area (TPSA) is 0 Å². The largest absolute Gasteiger partial charge is 0.206 e. The summed E-state index contributed by atoms with van der Waals surface area (Å²) < 4.78 is 11.9. The van der Waals surface area contributed by atoms with E-state index in [0.717, 1.165) is 5.75 Å². The Hall–Kier alpha value is -0.240. The van der Waals surface area contributed by atoms with Crippen LogP contribution in [0.5, 0.6) is 0 Å². The van der Waals surface area contributed by atoms with Gasteiger partial charge in [0.25, 0.3) is 0 Å². The number of halogens is 1. The third-order valence-corrected chi connectivity index (χ3v) is 1.44. The van der Waals surface area contributed by atoms with Crippen molar-refractivity contribution in [1.82, 2.24) is 0 Å². The second-order valence-corrected chi connectivity index (χ2v) is 2.14. The lowest BCUT2D eigenvalue weighted by Crippen LogP contribution is -1.74.